The Kier molecular flexibility index (Phi) is 4.12. The summed E-state index contributed by atoms with van der Waals surface area (Å²) in [5, 5.41) is 11.3. The summed E-state index contributed by atoms with van der Waals surface area (Å²) >= 11 is 0. The Balaban J connectivity index is 2.34. The van der Waals surface area contributed by atoms with E-state index in [0.29, 0.717) is 13.0 Å². The standard InChI is InChI=1S/C12H19NO2/c1-12(2,14)9-10-13(3)15-11-7-5-4-6-8-11/h4-8,14H,9-10H2,1-3H3. The van der Waals surface area contributed by atoms with E-state index >= 15 is 0 Å². The number of hydrogen-bond acceptors (Lipinski definition) is 3. The van der Waals surface area contributed by atoms with Crippen LogP contribution in [0.2, 0.25) is 0 Å². The first kappa shape index (κ1) is 12.0. The summed E-state index contributed by atoms with van der Waals surface area (Å²) in [6, 6.07) is 9.61. The van der Waals surface area contributed by atoms with Gasteiger partial charge in [0.15, 0.2) is 0 Å². The zero-order chi connectivity index (χ0) is 11.3. The van der Waals surface area contributed by atoms with Crippen molar-refractivity contribution in [3.63, 3.8) is 0 Å². The van der Waals surface area contributed by atoms with Crippen molar-refractivity contribution < 1.29 is 9.94 Å². The molecule has 1 aromatic rings. The van der Waals surface area contributed by atoms with Crippen molar-refractivity contribution in [2.24, 2.45) is 0 Å². The van der Waals surface area contributed by atoms with Crippen molar-refractivity contribution >= 4 is 0 Å². The maximum absolute atomic E-state index is 9.55. The highest BCUT2D eigenvalue weighted by Crippen LogP contribution is 2.12. The minimum absolute atomic E-state index is 0.645. The molecule has 1 N–H and O–H groups in total. The highest BCUT2D eigenvalue weighted by atomic mass is 16.7. The summed E-state index contributed by atoms with van der Waals surface area (Å²) < 4.78 is 0. The second kappa shape index (κ2) is 5.14. The largest absolute Gasteiger partial charge is 0.406 e. The number of nitrogens with zero attached hydrogens (tertiary/aromatic N) is 1. The van der Waals surface area contributed by atoms with E-state index in [4.69, 9.17) is 4.84 Å². The number of aliphatic hydroxyl groups is 1. The number of rotatable bonds is 5. The lowest BCUT2D eigenvalue weighted by Crippen LogP contribution is -2.30. The summed E-state index contributed by atoms with van der Waals surface area (Å²) in [7, 11) is 1.86. The molecule has 0 fully saturated rings. The van der Waals surface area contributed by atoms with Crippen LogP contribution in [0.15, 0.2) is 30.3 Å². The Hall–Kier alpha value is -1.06. The smallest absolute Gasteiger partial charge is 0.147 e. The van der Waals surface area contributed by atoms with E-state index in [9.17, 15) is 5.11 Å². The molecule has 0 amide bonds. The lowest BCUT2D eigenvalue weighted by molar-refractivity contribution is -0.0514. The van der Waals surface area contributed by atoms with Gasteiger partial charge in [-0.3, -0.25) is 0 Å². The first-order chi connectivity index (χ1) is 6.97. The van der Waals surface area contributed by atoms with Crippen LogP contribution in [0.25, 0.3) is 0 Å². The summed E-state index contributed by atoms with van der Waals surface area (Å²) in [5.41, 5.74) is -0.645. The molecule has 0 saturated carbocycles. The van der Waals surface area contributed by atoms with Gasteiger partial charge in [0, 0.05) is 13.6 Å². The summed E-state index contributed by atoms with van der Waals surface area (Å²) in [6.07, 6.45) is 0.677. The number of hydroxylamine groups is 2. The van der Waals surface area contributed by atoms with Crippen molar-refractivity contribution in [3.8, 4) is 5.75 Å². The summed E-state index contributed by atoms with van der Waals surface area (Å²) in [5.74, 6) is 0.816. The summed E-state index contributed by atoms with van der Waals surface area (Å²) in [6.45, 7) is 4.28. The predicted octanol–water partition coefficient (Wildman–Crippen LogP) is 2.07. The normalized spacial score (nSPS) is 11.8. The van der Waals surface area contributed by atoms with Crippen LogP contribution in [0.1, 0.15) is 20.3 Å². The van der Waals surface area contributed by atoms with E-state index in [-0.39, 0.29) is 0 Å². The number of benzene rings is 1. The van der Waals surface area contributed by atoms with E-state index < -0.39 is 5.60 Å². The molecule has 84 valence electrons. The molecule has 3 nitrogen and oxygen atoms in total. The van der Waals surface area contributed by atoms with Gasteiger partial charge in [0.2, 0.25) is 0 Å². The fourth-order valence-corrected chi connectivity index (χ4v) is 1.14. The highest BCUT2D eigenvalue weighted by molar-refractivity contribution is 5.20. The van der Waals surface area contributed by atoms with E-state index in [1.807, 2.05) is 37.4 Å². The van der Waals surface area contributed by atoms with Crippen molar-refractivity contribution in [1.82, 2.24) is 5.06 Å². The van der Waals surface area contributed by atoms with E-state index in [1.54, 1.807) is 18.9 Å². The molecule has 0 atom stereocenters. The van der Waals surface area contributed by atoms with Gasteiger partial charge in [-0.15, -0.1) is 5.06 Å². The van der Waals surface area contributed by atoms with Gasteiger partial charge in [-0.25, -0.2) is 0 Å². The molecular weight excluding hydrogens is 190 g/mol. The van der Waals surface area contributed by atoms with Crippen LogP contribution >= 0.6 is 0 Å². The van der Waals surface area contributed by atoms with E-state index in [1.165, 1.54) is 0 Å². The fraction of sp³-hybridized carbons (Fsp3) is 0.500. The summed E-state index contributed by atoms with van der Waals surface area (Å²) in [4.78, 5) is 5.53. The monoisotopic (exact) mass is 209 g/mol. The third-order valence-corrected chi connectivity index (χ3v) is 2.04. The fourth-order valence-electron chi connectivity index (χ4n) is 1.14. The Morgan fingerprint density at radius 3 is 2.40 bits per heavy atom. The van der Waals surface area contributed by atoms with Crippen molar-refractivity contribution in [1.29, 1.82) is 0 Å². The third kappa shape index (κ3) is 5.40. The van der Waals surface area contributed by atoms with Crippen LogP contribution in [0, 0.1) is 0 Å². The highest BCUT2D eigenvalue weighted by Gasteiger charge is 2.13. The van der Waals surface area contributed by atoms with Gasteiger partial charge in [-0.1, -0.05) is 18.2 Å². The quantitative estimate of drug-likeness (QED) is 0.754. The Labute approximate surface area is 91.2 Å². The molecule has 0 aromatic heterocycles. The van der Waals surface area contributed by atoms with Crippen LogP contribution < -0.4 is 4.84 Å². The number of hydrogen-bond donors (Lipinski definition) is 1. The topological polar surface area (TPSA) is 32.7 Å². The van der Waals surface area contributed by atoms with Crippen LogP contribution in [0.5, 0.6) is 5.75 Å². The van der Waals surface area contributed by atoms with Gasteiger partial charge in [-0.2, -0.15) is 0 Å². The molecule has 3 heteroatoms. The van der Waals surface area contributed by atoms with Gasteiger partial charge in [-0.05, 0) is 32.4 Å². The molecule has 0 saturated heterocycles. The molecule has 1 rings (SSSR count). The lowest BCUT2D eigenvalue weighted by atomic mass is 10.1. The predicted molar refractivity (Wildman–Crippen MR) is 60.6 cm³/mol. The van der Waals surface area contributed by atoms with Crippen molar-refractivity contribution in [2.75, 3.05) is 13.6 Å². The molecule has 15 heavy (non-hydrogen) atoms. The SMILES string of the molecule is CN(CCC(C)(C)O)Oc1ccccc1. The van der Waals surface area contributed by atoms with Crippen molar-refractivity contribution in [2.45, 2.75) is 25.9 Å². The van der Waals surface area contributed by atoms with Gasteiger partial charge in [0.25, 0.3) is 0 Å². The number of para-hydroxylation sites is 1. The Morgan fingerprint density at radius 2 is 1.87 bits per heavy atom. The van der Waals surface area contributed by atoms with Gasteiger partial charge in [0.1, 0.15) is 5.75 Å². The molecule has 0 bridgehead atoms. The zero-order valence-corrected chi connectivity index (χ0v) is 9.60. The van der Waals surface area contributed by atoms with Crippen LogP contribution in [0.3, 0.4) is 0 Å². The lowest BCUT2D eigenvalue weighted by Gasteiger charge is -2.22. The molecule has 0 aliphatic heterocycles. The second-order valence-electron chi connectivity index (χ2n) is 4.32. The average molecular weight is 209 g/mol. The minimum atomic E-state index is -0.645. The Morgan fingerprint density at radius 1 is 1.27 bits per heavy atom. The van der Waals surface area contributed by atoms with Gasteiger partial charge in [0.05, 0.1) is 5.60 Å². The molecule has 0 unspecified atom stereocenters. The second-order valence-corrected chi connectivity index (χ2v) is 4.32. The molecule has 0 aliphatic rings. The zero-order valence-electron chi connectivity index (χ0n) is 9.60. The third-order valence-electron chi connectivity index (χ3n) is 2.04. The van der Waals surface area contributed by atoms with Crippen molar-refractivity contribution in [3.05, 3.63) is 30.3 Å². The molecule has 0 heterocycles. The van der Waals surface area contributed by atoms with Crippen LogP contribution in [0.4, 0.5) is 0 Å². The van der Waals surface area contributed by atoms with Crippen LogP contribution in [-0.4, -0.2) is 29.4 Å². The molecule has 0 radical (unpaired) electrons. The molecule has 0 aliphatic carbocycles. The maximum atomic E-state index is 9.55. The molecule has 1 aromatic carbocycles. The van der Waals surface area contributed by atoms with E-state index in [2.05, 4.69) is 0 Å². The van der Waals surface area contributed by atoms with Gasteiger partial charge >= 0.3 is 0 Å². The molecule has 0 spiro atoms. The first-order valence-corrected chi connectivity index (χ1v) is 5.14. The molecular formula is C12H19NO2. The minimum Gasteiger partial charge on any atom is -0.406 e. The van der Waals surface area contributed by atoms with Crippen LogP contribution in [-0.2, 0) is 0 Å². The van der Waals surface area contributed by atoms with Gasteiger partial charge < -0.3 is 9.94 Å². The Bertz CT molecular complexity index is 279. The first-order valence-electron chi connectivity index (χ1n) is 5.14. The van der Waals surface area contributed by atoms with E-state index in [0.717, 1.165) is 5.75 Å². The average Bonchev–Trinajstić information content (AvgIpc) is 2.15. The maximum Gasteiger partial charge on any atom is 0.147 e.